The van der Waals surface area contributed by atoms with Crippen molar-refractivity contribution >= 4 is 17.9 Å². The largest absolute Gasteiger partial charge is 0.481 e. The molecule has 0 aliphatic heterocycles. The van der Waals surface area contributed by atoms with Gasteiger partial charge in [-0.2, -0.15) is 5.10 Å². The standard InChI is InChI=1S/C30H27N3O4/c1-18(19-6-4-3-5-7-19)37-29(36)31-27-26-24-13-10-21(16-22(24)17-25(26)32-33(27)2)20-8-11-23(12-9-20)30(14-15-30)28(34)35/h3-13,16,18H,14-15,17H2,1-2H3,(H,31,36)(H,34,35). The molecule has 3 aromatic carbocycles. The highest BCUT2D eigenvalue weighted by Crippen LogP contribution is 2.49. The van der Waals surface area contributed by atoms with Crippen molar-refractivity contribution in [2.24, 2.45) is 7.05 Å². The second-order valence-corrected chi connectivity index (χ2v) is 9.89. The van der Waals surface area contributed by atoms with E-state index in [9.17, 15) is 14.7 Å². The van der Waals surface area contributed by atoms with Crippen molar-refractivity contribution in [3.8, 4) is 22.3 Å². The number of aryl methyl sites for hydroxylation is 1. The number of amides is 1. The van der Waals surface area contributed by atoms with Crippen molar-refractivity contribution in [3.05, 3.63) is 95.2 Å². The molecule has 1 unspecified atom stereocenters. The third-order valence-corrected chi connectivity index (χ3v) is 7.56. The number of rotatable bonds is 6. The number of aliphatic carboxylic acids is 1. The van der Waals surface area contributed by atoms with Crippen LogP contribution in [0.15, 0.2) is 72.8 Å². The maximum Gasteiger partial charge on any atom is 0.413 e. The molecule has 4 aromatic rings. The minimum atomic E-state index is -0.744. The van der Waals surface area contributed by atoms with E-state index in [1.807, 2.05) is 68.6 Å². The summed E-state index contributed by atoms with van der Waals surface area (Å²) in [7, 11) is 1.81. The number of hydrogen-bond acceptors (Lipinski definition) is 4. The van der Waals surface area contributed by atoms with Gasteiger partial charge in [0, 0.05) is 19.0 Å². The van der Waals surface area contributed by atoms with E-state index < -0.39 is 17.5 Å². The van der Waals surface area contributed by atoms with Crippen molar-refractivity contribution in [1.82, 2.24) is 9.78 Å². The van der Waals surface area contributed by atoms with Crippen LogP contribution in [0.25, 0.3) is 22.3 Å². The van der Waals surface area contributed by atoms with Crippen molar-refractivity contribution < 1.29 is 19.4 Å². The number of fused-ring (bicyclic) bond motifs is 3. The van der Waals surface area contributed by atoms with E-state index in [1.54, 1.807) is 4.68 Å². The molecule has 0 bridgehead atoms. The van der Waals surface area contributed by atoms with E-state index in [2.05, 4.69) is 28.6 Å². The minimum absolute atomic E-state index is 0.381. The van der Waals surface area contributed by atoms with Crippen LogP contribution in [0.1, 0.15) is 48.3 Å². The summed E-state index contributed by atoms with van der Waals surface area (Å²) in [5.74, 6) is -0.134. The second kappa shape index (κ2) is 8.62. The fraction of sp³-hybridized carbons (Fsp3) is 0.233. The first-order valence-corrected chi connectivity index (χ1v) is 12.4. The summed E-state index contributed by atoms with van der Waals surface area (Å²) in [5.41, 5.74) is 7.19. The predicted molar refractivity (Wildman–Crippen MR) is 140 cm³/mol. The smallest absolute Gasteiger partial charge is 0.413 e. The van der Waals surface area contributed by atoms with Crippen molar-refractivity contribution in [2.75, 3.05) is 5.32 Å². The molecule has 1 fully saturated rings. The number of nitrogens with one attached hydrogen (secondary N) is 1. The lowest BCUT2D eigenvalue weighted by Gasteiger charge is -2.15. The van der Waals surface area contributed by atoms with Gasteiger partial charge in [-0.1, -0.05) is 72.8 Å². The molecule has 37 heavy (non-hydrogen) atoms. The zero-order valence-corrected chi connectivity index (χ0v) is 20.7. The zero-order chi connectivity index (χ0) is 25.7. The van der Waals surface area contributed by atoms with Crippen LogP contribution in [0.2, 0.25) is 0 Å². The molecule has 1 heterocycles. The number of nitrogens with zero attached hydrogens (tertiary/aromatic N) is 2. The highest BCUT2D eigenvalue weighted by Gasteiger charge is 2.51. The molecule has 0 radical (unpaired) electrons. The molecule has 1 aromatic heterocycles. The van der Waals surface area contributed by atoms with Crippen LogP contribution >= 0.6 is 0 Å². The van der Waals surface area contributed by atoms with E-state index in [4.69, 9.17) is 4.74 Å². The SMILES string of the molecule is CC(OC(=O)Nc1c2c(nn1C)Cc1cc(-c3ccc(C4(C(=O)O)CC4)cc3)ccc1-2)c1ccccc1. The van der Waals surface area contributed by atoms with E-state index in [-0.39, 0.29) is 6.10 Å². The Labute approximate surface area is 214 Å². The lowest BCUT2D eigenvalue weighted by atomic mass is 9.93. The van der Waals surface area contributed by atoms with Gasteiger partial charge in [0.05, 0.1) is 11.1 Å². The van der Waals surface area contributed by atoms with Gasteiger partial charge in [0.15, 0.2) is 0 Å². The van der Waals surface area contributed by atoms with Crippen LogP contribution in [-0.4, -0.2) is 26.9 Å². The summed E-state index contributed by atoms with van der Waals surface area (Å²) in [5, 5.41) is 17.1. The maximum absolute atomic E-state index is 12.7. The fourth-order valence-corrected chi connectivity index (χ4v) is 5.29. The summed E-state index contributed by atoms with van der Waals surface area (Å²) in [4.78, 5) is 24.4. The highest BCUT2D eigenvalue weighted by atomic mass is 16.6. The van der Waals surface area contributed by atoms with Crippen LogP contribution in [0.4, 0.5) is 10.6 Å². The van der Waals surface area contributed by atoms with Crippen LogP contribution in [-0.2, 0) is 28.4 Å². The number of ether oxygens (including phenoxy) is 1. The minimum Gasteiger partial charge on any atom is -0.481 e. The van der Waals surface area contributed by atoms with Crippen molar-refractivity contribution in [3.63, 3.8) is 0 Å². The number of carboxylic acids is 1. The number of anilines is 1. The quantitative estimate of drug-likeness (QED) is 0.299. The summed E-state index contributed by atoms with van der Waals surface area (Å²) in [6.07, 6.45) is 1.16. The first-order chi connectivity index (χ1) is 17.9. The molecule has 7 heteroatoms. The molecule has 7 nitrogen and oxygen atoms in total. The fourth-order valence-electron chi connectivity index (χ4n) is 5.29. The van der Waals surface area contributed by atoms with Gasteiger partial charge in [0.25, 0.3) is 0 Å². The van der Waals surface area contributed by atoms with E-state index in [1.165, 1.54) is 0 Å². The molecular formula is C30H27N3O4. The van der Waals surface area contributed by atoms with Crippen molar-refractivity contribution in [1.29, 1.82) is 0 Å². The van der Waals surface area contributed by atoms with Gasteiger partial charge in [-0.25, -0.2) is 4.79 Å². The monoisotopic (exact) mass is 493 g/mol. The summed E-state index contributed by atoms with van der Waals surface area (Å²) in [6, 6.07) is 23.7. The Balaban J connectivity index is 1.22. The number of benzene rings is 3. The molecule has 2 N–H and O–H groups in total. The first-order valence-electron chi connectivity index (χ1n) is 12.4. The molecular weight excluding hydrogens is 466 g/mol. The van der Waals surface area contributed by atoms with Gasteiger partial charge >= 0.3 is 12.1 Å². The average molecular weight is 494 g/mol. The molecule has 2 aliphatic carbocycles. The number of carboxylic acid groups (broad SMARTS) is 1. The second-order valence-electron chi connectivity index (χ2n) is 9.89. The first kappa shape index (κ1) is 23.0. The van der Waals surface area contributed by atoms with Crippen LogP contribution in [0.3, 0.4) is 0 Å². The number of hydrogen-bond donors (Lipinski definition) is 2. The summed E-state index contributed by atoms with van der Waals surface area (Å²) < 4.78 is 7.30. The molecule has 0 saturated heterocycles. The van der Waals surface area contributed by atoms with Gasteiger partial charge in [0.2, 0.25) is 0 Å². The van der Waals surface area contributed by atoms with Crippen LogP contribution in [0.5, 0.6) is 0 Å². The molecule has 6 rings (SSSR count). The van der Waals surface area contributed by atoms with Gasteiger partial charge in [-0.05, 0) is 53.1 Å². The van der Waals surface area contributed by atoms with Crippen molar-refractivity contribution in [2.45, 2.75) is 37.7 Å². The third-order valence-electron chi connectivity index (χ3n) is 7.56. The Morgan fingerprint density at radius 3 is 2.41 bits per heavy atom. The zero-order valence-electron chi connectivity index (χ0n) is 20.7. The molecule has 186 valence electrons. The average Bonchev–Trinajstić information content (AvgIpc) is 3.57. The molecule has 1 saturated carbocycles. The lowest BCUT2D eigenvalue weighted by molar-refractivity contribution is -0.140. The number of aromatic nitrogens is 2. The van der Waals surface area contributed by atoms with E-state index >= 15 is 0 Å². The molecule has 2 aliphatic rings. The Morgan fingerprint density at radius 1 is 1.03 bits per heavy atom. The molecule has 0 spiro atoms. The molecule has 1 amide bonds. The van der Waals surface area contributed by atoms with Gasteiger partial charge in [-0.3, -0.25) is 14.8 Å². The highest BCUT2D eigenvalue weighted by molar-refractivity contribution is 5.94. The topological polar surface area (TPSA) is 93.5 Å². The molecule has 1 atom stereocenters. The lowest BCUT2D eigenvalue weighted by Crippen LogP contribution is -2.19. The third kappa shape index (κ3) is 3.96. The Bertz CT molecular complexity index is 1520. The van der Waals surface area contributed by atoms with Crippen LogP contribution in [0, 0.1) is 0 Å². The van der Waals surface area contributed by atoms with Gasteiger partial charge in [0.1, 0.15) is 11.9 Å². The number of carbonyl (C=O) groups excluding carboxylic acids is 1. The summed E-state index contributed by atoms with van der Waals surface area (Å²) >= 11 is 0. The Hall–Kier alpha value is -4.39. The maximum atomic E-state index is 12.7. The number of carbonyl (C=O) groups is 2. The van der Waals surface area contributed by atoms with E-state index in [0.717, 1.165) is 44.6 Å². The van der Waals surface area contributed by atoms with Gasteiger partial charge < -0.3 is 9.84 Å². The van der Waals surface area contributed by atoms with Crippen LogP contribution < -0.4 is 5.32 Å². The summed E-state index contributed by atoms with van der Waals surface area (Å²) in [6.45, 7) is 1.85. The normalized spacial score (nSPS) is 15.4. The van der Waals surface area contributed by atoms with E-state index in [0.29, 0.717) is 25.1 Å². The van der Waals surface area contributed by atoms with Gasteiger partial charge in [-0.15, -0.1) is 0 Å². The predicted octanol–water partition coefficient (Wildman–Crippen LogP) is 6.08. The Morgan fingerprint density at radius 2 is 1.73 bits per heavy atom. The Kier molecular flexibility index (Phi) is 5.37.